The summed E-state index contributed by atoms with van der Waals surface area (Å²) in [5.74, 6) is -2.59. The Morgan fingerprint density at radius 1 is 1.16 bits per heavy atom. The molecule has 11 heteroatoms. The van der Waals surface area contributed by atoms with Crippen LogP contribution in [0, 0.1) is 5.82 Å². The molecule has 196 valence electrons. The fourth-order valence-electron chi connectivity index (χ4n) is 4.25. The number of carbonyl (C=O) groups is 2. The predicted molar refractivity (Wildman–Crippen MR) is 134 cm³/mol. The van der Waals surface area contributed by atoms with Gasteiger partial charge >= 0.3 is 5.97 Å². The maximum Gasteiger partial charge on any atom is 0.330 e. The number of ether oxygens (including phenoxy) is 2. The lowest BCUT2D eigenvalue weighted by Crippen LogP contribution is -2.51. The normalized spacial score (nSPS) is 14.5. The molecule has 37 heavy (non-hydrogen) atoms. The number of aromatic nitrogens is 2. The van der Waals surface area contributed by atoms with E-state index in [0.717, 1.165) is 0 Å². The lowest BCUT2D eigenvalue weighted by Gasteiger charge is -2.27. The van der Waals surface area contributed by atoms with Crippen LogP contribution in [0.15, 0.2) is 41.3 Å². The number of aromatic hydroxyl groups is 1. The van der Waals surface area contributed by atoms with Gasteiger partial charge in [0.15, 0.2) is 0 Å². The fraction of sp³-hybridized carbons (Fsp3) is 0.385. The monoisotopic (exact) mass is 512 g/mol. The Morgan fingerprint density at radius 2 is 1.84 bits per heavy atom. The lowest BCUT2D eigenvalue weighted by atomic mass is 10.0. The minimum Gasteiger partial charge on any atom is -0.506 e. The molecule has 0 aliphatic carbocycles. The second kappa shape index (κ2) is 10.7. The van der Waals surface area contributed by atoms with Crippen LogP contribution in [-0.2, 0) is 20.8 Å². The van der Waals surface area contributed by atoms with Crippen molar-refractivity contribution in [3.05, 3.63) is 58.3 Å². The second-order valence-corrected chi connectivity index (χ2v) is 9.31. The highest BCUT2D eigenvalue weighted by molar-refractivity contribution is 6.04. The first-order valence-corrected chi connectivity index (χ1v) is 11.8. The number of nitrogens with one attached hydrogen (secondary N) is 1. The quantitative estimate of drug-likeness (QED) is 0.461. The number of rotatable bonds is 7. The molecule has 3 heterocycles. The van der Waals surface area contributed by atoms with E-state index in [-0.39, 0.29) is 17.6 Å². The number of hydrogen-bond donors (Lipinski definition) is 2. The van der Waals surface area contributed by atoms with E-state index < -0.39 is 40.1 Å². The number of nitrogens with zero attached hydrogens (tertiary/aromatic N) is 3. The number of methoxy groups -OCH3 is 1. The van der Waals surface area contributed by atoms with Gasteiger partial charge in [-0.2, -0.15) is 0 Å². The maximum atomic E-state index is 13.5. The van der Waals surface area contributed by atoms with Gasteiger partial charge in [-0.15, -0.1) is 0 Å². The van der Waals surface area contributed by atoms with E-state index in [2.05, 4.69) is 15.2 Å². The average molecular weight is 513 g/mol. The number of hydrogen-bond acceptors (Lipinski definition) is 8. The van der Waals surface area contributed by atoms with Gasteiger partial charge in [0.1, 0.15) is 28.3 Å². The molecule has 3 aromatic rings. The van der Waals surface area contributed by atoms with Crippen LogP contribution in [0.4, 0.5) is 4.39 Å². The van der Waals surface area contributed by atoms with Crippen LogP contribution in [0.3, 0.4) is 0 Å². The summed E-state index contributed by atoms with van der Waals surface area (Å²) in [7, 11) is 1.19. The Kier molecular flexibility index (Phi) is 7.55. The molecule has 1 aromatic carbocycles. The molecular formula is C26H29FN4O6. The van der Waals surface area contributed by atoms with Gasteiger partial charge in [0.05, 0.1) is 25.7 Å². The molecule has 1 amide bonds. The van der Waals surface area contributed by atoms with Crippen molar-refractivity contribution < 1.29 is 28.6 Å². The largest absolute Gasteiger partial charge is 0.506 e. The summed E-state index contributed by atoms with van der Waals surface area (Å²) in [6.07, 6.45) is 1.53. The summed E-state index contributed by atoms with van der Waals surface area (Å²) in [6, 6.07) is 7.33. The molecule has 0 unspecified atom stereocenters. The van der Waals surface area contributed by atoms with Crippen molar-refractivity contribution in [1.29, 1.82) is 0 Å². The van der Waals surface area contributed by atoms with E-state index in [1.54, 1.807) is 18.2 Å². The van der Waals surface area contributed by atoms with Gasteiger partial charge in [-0.05, 0) is 37.6 Å². The van der Waals surface area contributed by atoms with E-state index in [4.69, 9.17) is 9.47 Å². The Labute approximate surface area is 212 Å². The standard InChI is InChI=1S/C26H29FN4O6/c1-26(2,25(35)36-3)29-23(33)20-21(32)19-14-17(16-4-6-18(27)7-5-16)15-28-22(19)31(24(20)34)9-8-30-10-12-37-13-11-30/h4-7,14-15,32H,8-13H2,1-3H3,(H,29,33). The first-order chi connectivity index (χ1) is 17.6. The van der Waals surface area contributed by atoms with Crippen LogP contribution in [-0.4, -0.2) is 76.9 Å². The number of carbonyl (C=O) groups excluding carboxylic acids is 2. The van der Waals surface area contributed by atoms with Gasteiger partial charge in [-0.25, -0.2) is 14.2 Å². The molecule has 4 rings (SSSR count). The summed E-state index contributed by atoms with van der Waals surface area (Å²) in [5, 5.41) is 13.8. The van der Waals surface area contributed by atoms with Crippen molar-refractivity contribution >= 4 is 22.9 Å². The van der Waals surface area contributed by atoms with E-state index >= 15 is 0 Å². The summed E-state index contributed by atoms with van der Waals surface area (Å²) in [6.45, 7) is 6.14. The number of pyridine rings is 2. The molecule has 1 saturated heterocycles. The van der Waals surface area contributed by atoms with Gasteiger partial charge in [0.2, 0.25) is 0 Å². The number of halogens is 1. The van der Waals surface area contributed by atoms with Crippen LogP contribution in [0.1, 0.15) is 24.2 Å². The second-order valence-electron chi connectivity index (χ2n) is 9.31. The number of fused-ring (bicyclic) bond motifs is 1. The van der Waals surface area contributed by atoms with Crippen molar-refractivity contribution in [2.45, 2.75) is 25.9 Å². The number of benzene rings is 1. The molecule has 10 nitrogen and oxygen atoms in total. The van der Waals surface area contributed by atoms with Crippen molar-refractivity contribution in [2.24, 2.45) is 0 Å². The molecule has 0 atom stereocenters. The van der Waals surface area contributed by atoms with Crippen LogP contribution >= 0.6 is 0 Å². The van der Waals surface area contributed by atoms with Crippen LogP contribution in [0.5, 0.6) is 5.75 Å². The van der Waals surface area contributed by atoms with Crippen LogP contribution < -0.4 is 10.9 Å². The molecule has 1 fully saturated rings. The zero-order valence-electron chi connectivity index (χ0n) is 20.9. The number of morpholine rings is 1. The molecule has 1 aliphatic heterocycles. The molecule has 2 N–H and O–H groups in total. The molecule has 0 bridgehead atoms. The molecule has 2 aromatic heterocycles. The van der Waals surface area contributed by atoms with Crippen molar-refractivity contribution in [1.82, 2.24) is 19.8 Å². The summed E-state index contributed by atoms with van der Waals surface area (Å²) >= 11 is 0. The zero-order chi connectivity index (χ0) is 26.7. The summed E-state index contributed by atoms with van der Waals surface area (Å²) in [5.41, 5.74) is -1.30. The topological polar surface area (TPSA) is 123 Å². The Balaban J connectivity index is 1.83. The third kappa shape index (κ3) is 5.47. The van der Waals surface area contributed by atoms with Gasteiger partial charge in [0.25, 0.3) is 11.5 Å². The van der Waals surface area contributed by atoms with Gasteiger partial charge in [-0.1, -0.05) is 12.1 Å². The van der Waals surface area contributed by atoms with E-state index in [9.17, 15) is 23.9 Å². The first-order valence-electron chi connectivity index (χ1n) is 11.8. The van der Waals surface area contributed by atoms with Crippen LogP contribution in [0.2, 0.25) is 0 Å². The maximum absolute atomic E-state index is 13.5. The van der Waals surface area contributed by atoms with Gasteiger partial charge < -0.3 is 19.9 Å². The molecular weight excluding hydrogens is 483 g/mol. The van der Waals surface area contributed by atoms with Gasteiger partial charge in [0, 0.05) is 37.9 Å². The molecule has 0 spiro atoms. The Hall–Kier alpha value is -3.83. The van der Waals surface area contributed by atoms with Crippen molar-refractivity contribution in [3.8, 4) is 16.9 Å². The SMILES string of the molecule is COC(=O)C(C)(C)NC(=O)c1c(O)c2cc(-c3ccc(F)cc3)cnc2n(CCN2CCOCC2)c1=O. The van der Waals surface area contributed by atoms with Gasteiger partial charge in [-0.3, -0.25) is 19.1 Å². The lowest BCUT2D eigenvalue weighted by molar-refractivity contribution is -0.146. The smallest absolute Gasteiger partial charge is 0.330 e. The highest BCUT2D eigenvalue weighted by Crippen LogP contribution is 2.30. The number of esters is 1. The Bertz CT molecular complexity index is 1380. The molecule has 1 aliphatic rings. The highest BCUT2D eigenvalue weighted by atomic mass is 19.1. The fourth-order valence-corrected chi connectivity index (χ4v) is 4.25. The van der Waals surface area contributed by atoms with E-state index in [1.165, 1.54) is 43.9 Å². The summed E-state index contributed by atoms with van der Waals surface area (Å²) in [4.78, 5) is 45.5. The average Bonchev–Trinajstić information content (AvgIpc) is 2.88. The highest BCUT2D eigenvalue weighted by Gasteiger charge is 2.33. The third-order valence-corrected chi connectivity index (χ3v) is 6.34. The van der Waals surface area contributed by atoms with E-state index in [0.29, 0.717) is 44.0 Å². The minimum absolute atomic E-state index is 0.171. The Morgan fingerprint density at radius 3 is 2.49 bits per heavy atom. The summed E-state index contributed by atoms with van der Waals surface area (Å²) < 4.78 is 24.9. The van der Waals surface area contributed by atoms with Crippen molar-refractivity contribution in [3.63, 3.8) is 0 Å². The molecule has 0 saturated carbocycles. The third-order valence-electron chi connectivity index (χ3n) is 6.34. The van der Waals surface area contributed by atoms with E-state index in [1.807, 2.05) is 0 Å². The van der Waals surface area contributed by atoms with Crippen LogP contribution in [0.25, 0.3) is 22.2 Å². The minimum atomic E-state index is -1.45. The molecule has 0 radical (unpaired) electrons. The zero-order valence-corrected chi connectivity index (χ0v) is 20.9. The number of amides is 1. The van der Waals surface area contributed by atoms with Crippen molar-refractivity contribution in [2.75, 3.05) is 40.0 Å². The predicted octanol–water partition coefficient (Wildman–Crippen LogP) is 1.92. The first kappa shape index (κ1) is 26.2.